The van der Waals surface area contributed by atoms with E-state index in [4.69, 9.17) is 14.5 Å². The summed E-state index contributed by atoms with van der Waals surface area (Å²) in [6, 6.07) is 28.1. The number of ether oxygens (including phenoxy) is 2. The zero-order valence-electron chi connectivity index (χ0n) is 52.9. The lowest BCUT2D eigenvalue weighted by molar-refractivity contribution is 0.101. The summed E-state index contributed by atoms with van der Waals surface area (Å²) in [4.78, 5) is 36.6. The number of carbonyl (C=O) groups excluding carboxylic acids is 2. The Morgan fingerprint density at radius 3 is 1.49 bits per heavy atom. The number of amides is 2. The van der Waals surface area contributed by atoms with Gasteiger partial charge in [0, 0.05) is 36.1 Å². The molecule has 2 fully saturated rings. The quantitative estimate of drug-likeness (QED) is 0.0623. The Bertz CT molecular complexity index is 4450. The SMILES string of the molecule is COc1c(NC(=O)c2ccc(C)c(-n3cc(-c4cnc(C(C)(C)c5ccccc5)n4C)nn3)c2)cc(C(C)(C)C)cc1NS(C)(=O)=O.COc1c(NC(=O)c2ccc(C)c(-n3cc(-c4cnc(C5(C)CC5)n4C)nn3)c2)cc(C2(C)CC2)cc1NS(C)(=O)=O. The summed E-state index contributed by atoms with van der Waals surface area (Å²) in [5.41, 5.74) is 10.5. The summed E-state index contributed by atoms with van der Waals surface area (Å²) in [5, 5.41) is 23.5. The first-order valence-corrected chi connectivity index (χ1v) is 32.8. The molecule has 0 atom stereocenters. The number of aryl methyl sites for hydroxylation is 2. The van der Waals surface area contributed by atoms with Gasteiger partial charge in [0.15, 0.2) is 11.5 Å². The third kappa shape index (κ3) is 13.3. The predicted octanol–water partition coefficient (Wildman–Crippen LogP) is 10.9. The van der Waals surface area contributed by atoms with E-state index < -0.39 is 26.0 Å². The number of nitrogens with one attached hydrogen (secondary N) is 4. The standard InChI is InChI=1S/C35H41N7O4S.C30H35N7O4S/c1-22-15-16-23(32(43)37-26-18-25(34(2,3)4)19-27(31(26)46-8)39-47(9,44)45)17-29(22)42-21-28(38-40-42)30-20-36-33(41(30)7)35(5,6)24-13-11-10-12-14-24;1-18-7-8-19(13-24(18)37-17-23(33-35-37)25-16-31-28(36(25)4)30(3)11-12-30)27(38)32-21-14-20(29(2)9-10-29)15-22(26(21)41-5)34-42(6,39)40/h10-21,39H,1-9H3,(H,37,43);7-8,13-17,34H,9-12H2,1-6H3,(H,32,38). The van der Waals surface area contributed by atoms with E-state index in [9.17, 15) is 26.4 Å². The fourth-order valence-corrected chi connectivity index (χ4v) is 12.0. The number of hydrogen-bond donors (Lipinski definition) is 4. The Labute approximate surface area is 519 Å². The van der Waals surface area contributed by atoms with Gasteiger partial charge in [-0.15, -0.1) is 10.2 Å². The fourth-order valence-electron chi connectivity index (χ4n) is 10.9. The second kappa shape index (κ2) is 23.4. The third-order valence-electron chi connectivity index (χ3n) is 16.8. The Kier molecular flexibility index (Phi) is 16.5. The molecule has 9 aromatic rings. The smallest absolute Gasteiger partial charge is 0.255 e. The molecule has 22 nitrogen and oxygen atoms in total. The van der Waals surface area contributed by atoms with Crippen LogP contribution in [0.15, 0.2) is 116 Å². The highest BCUT2D eigenvalue weighted by molar-refractivity contribution is 7.92. The minimum atomic E-state index is -3.61. The highest BCUT2D eigenvalue weighted by atomic mass is 32.2. The third-order valence-corrected chi connectivity index (χ3v) is 17.9. The first-order chi connectivity index (χ1) is 41.8. The zero-order chi connectivity index (χ0) is 64.3. The number of carbonyl (C=O) groups is 2. The van der Waals surface area contributed by atoms with E-state index in [0.29, 0.717) is 45.3 Å². The van der Waals surface area contributed by atoms with Crippen molar-refractivity contribution in [2.45, 2.75) is 110 Å². The molecule has 0 spiro atoms. The van der Waals surface area contributed by atoms with Gasteiger partial charge in [-0.1, -0.05) is 87.5 Å². The van der Waals surface area contributed by atoms with Crippen LogP contribution in [0.5, 0.6) is 11.5 Å². The first-order valence-electron chi connectivity index (χ1n) is 29.0. The Morgan fingerprint density at radius 1 is 0.573 bits per heavy atom. The van der Waals surface area contributed by atoms with Crippen LogP contribution in [-0.2, 0) is 55.8 Å². The van der Waals surface area contributed by atoms with Gasteiger partial charge in [0.2, 0.25) is 20.0 Å². The van der Waals surface area contributed by atoms with Gasteiger partial charge in [-0.2, -0.15) is 0 Å². The van der Waals surface area contributed by atoms with Crippen LogP contribution >= 0.6 is 0 Å². The number of aromatic nitrogens is 10. The van der Waals surface area contributed by atoms with Crippen molar-refractivity contribution in [2.24, 2.45) is 14.1 Å². The van der Waals surface area contributed by atoms with E-state index in [1.54, 1.807) is 58.0 Å². The molecule has 89 heavy (non-hydrogen) atoms. The molecule has 2 saturated carbocycles. The van der Waals surface area contributed by atoms with Crippen molar-refractivity contribution in [1.29, 1.82) is 0 Å². The largest absolute Gasteiger partial charge is 0.492 e. The molecule has 0 saturated heterocycles. The fraction of sp³-hybridized carbons (Fsp3) is 0.354. The molecule has 2 aliphatic carbocycles. The van der Waals surface area contributed by atoms with Crippen LogP contribution in [0.3, 0.4) is 0 Å². The van der Waals surface area contributed by atoms with Crippen LogP contribution in [0, 0.1) is 13.8 Å². The van der Waals surface area contributed by atoms with Crippen molar-refractivity contribution >= 4 is 54.6 Å². The number of nitrogens with zero attached hydrogens (tertiary/aromatic N) is 10. The van der Waals surface area contributed by atoms with Crippen LogP contribution < -0.4 is 29.6 Å². The van der Waals surface area contributed by atoms with Crippen LogP contribution in [0.1, 0.15) is 134 Å². The molecule has 2 amide bonds. The lowest BCUT2D eigenvalue weighted by atomic mass is 9.84. The molecule has 0 unspecified atom stereocenters. The van der Waals surface area contributed by atoms with Crippen LogP contribution in [-0.4, -0.2) is 104 Å². The normalized spacial score (nSPS) is 14.3. The minimum Gasteiger partial charge on any atom is -0.492 e. The van der Waals surface area contributed by atoms with E-state index in [0.717, 1.165) is 89.0 Å². The van der Waals surface area contributed by atoms with Crippen molar-refractivity contribution in [2.75, 3.05) is 46.8 Å². The highest BCUT2D eigenvalue weighted by Gasteiger charge is 2.43. The van der Waals surface area contributed by atoms with Crippen molar-refractivity contribution in [3.8, 4) is 45.6 Å². The van der Waals surface area contributed by atoms with Gasteiger partial charge in [0.05, 0.1) is 97.0 Å². The van der Waals surface area contributed by atoms with Gasteiger partial charge in [0.1, 0.15) is 23.0 Å². The number of anilines is 4. The van der Waals surface area contributed by atoms with Gasteiger partial charge in [-0.05, 0) is 141 Å². The van der Waals surface area contributed by atoms with Gasteiger partial charge < -0.3 is 29.2 Å². The van der Waals surface area contributed by atoms with E-state index in [-0.39, 0.29) is 50.4 Å². The maximum Gasteiger partial charge on any atom is 0.255 e. The second-order valence-electron chi connectivity index (χ2n) is 25.4. The molecule has 24 heteroatoms. The van der Waals surface area contributed by atoms with Crippen LogP contribution in [0.2, 0.25) is 0 Å². The maximum atomic E-state index is 13.7. The molecule has 0 bridgehead atoms. The number of imidazole rings is 2. The average Bonchev–Trinajstić information content (AvgIpc) is 1.81. The summed E-state index contributed by atoms with van der Waals surface area (Å²) in [6.45, 7) is 18.5. The Hall–Kier alpha value is -9.16. The van der Waals surface area contributed by atoms with Gasteiger partial charge >= 0.3 is 0 Å². The molecule has 4 heterocycles. The van der Waals surface area contributed by atoms with E-state index in [2.05, 4.69) is 90.1 Å². The molecule has 11 rings (SSSR count). The Morgan fingerprint density at radius 2 is 1.02 bits per heavy atom. The molecule has 4 N–H and O–H groups in total. The lowest BCUT2D eigenvalue weighted by Gasteiger charge is -2.25. The molecule has 0 radical (unpaired) electrons. The average molecular weight is 1250 g/mol. The molecule has 0 aliphatic heterocycles. The minimum absolute atomic E-state index is 0.0769. The Balaban J connectivity index is 0.000000197. The lowest BCUT2D eigenvalue weighted by Crippen LogP contribution is -2.23. The van der Waals surface area contributed by atoms with Gasteiger partial charge in [0.25, 0.3) is 11.8 Å². The van der Waals surface area contributed by atoms with Crippen LogP contribution in [0.25, 0.3) is 34.2 Å². The van der Waals surface area contributed by atoms with Crippen molar-refractivity contribution in [1.82, 2.24) is 49.1 Å². The number of hydrogen-bond acceptors (Lipinski definition) is 14. The van der Waals surface area contributed by atoms with E-state index >= 15 is 0 Å². The zero-order valence-corrected chi connectivity index (χ0v) is 54.5. The van der Waals surface area contributed by atoms with Crippen molar-refractivity contribution in [3.05, 3.63) is 166 Å². The van der Waals surface area contributed by atoms with Gasteiger partial charge in [-0.25, -0.2) is 36.2 Å². The number of sulfonamides is 2. The second-order valence-corrected chi connectivity index (χ2v) is 28.9. The monoisotopic (exact) mass is 1240 g/mol. The number of rotatable bonds is 18. The van der Waals surface area contributed by atoms with Crippen molar-refractivity contribution in [3.63, 3.8) is 0 Å². The molecular formula is C65H76N14O8S2. The number of methoxy groups -OCH3 is 2. The van der Waals surface area contributed by atoms with Gasteiger partial charge in [-0.3, -0.25) is 19.0 Å². The highest BCUT2D eigenvalue weighted by Crippen LogP contribution is 2.51. The molecule has 466 valence electrons. The maximum absolute atomic E-state index is 13.7. The molecule has 2 aliphatic rings. The summed E-state index contributed by atoms with van der Waals surface area (Å²) in [7, 11) is -0.352. The molecule has 4 aromatic heterocycles. The topological polar surface area (TPSA) is 266 Å². The van der Waals surface area contributed by atoms with E-state index in [1.165, 1.54) is 14.2 Å². The molecular weight excluding hydrogens is 1170 g/mol. The predicted molar refractivity (Wildman–Crippen MR) is 346 cm³/mol. The summed E-state index contributed by atoms with van der Waals surface area (Å²) >= 11 is 0. The molecule has 5 aromatic carbocycles. The summed E-state index contributed by atoms with van der Waals surface area (Å²) in [5.74, 6) is 1.62. The number of benzene rings is 5. The first kappa shape index (κ1) is 62.9. The van der Waals surface area contributed by atoms with Crippen molar-refractivity contribution < 1.29 is 35.9 Å². The summed E-state index contributed by atoms with van der Waals surface area (Å²) < 4.78 is 72.1. The van der Waals surface area contributed by atoms with Crippen LogP contribution in [0.4, 0.5) is 22.7 Å². The van der Waals surface area contributed by atoms with E-state index in [1.807, 2.05) is 108 Å². The summed E-state index contributed by atoms with van der Waals surface area (Å²) in [6.07, 6.45) is 13.7.